The Morgan fingerprint density at radius 1 is 1.39 bits per heavy atom. The summed E-state index contributed by atoms with van der Waals surface area (Å²) in [5.41, 5.74) is 9.33. The Bertz CT molecular complexity index is 545. The molecule has 0 radical (unpaired) electrons. The van der Waals surface area contributed by atoms with Crippen LogP contribution < -0.4 is 10.5 Å². The first kappa shape index (κ1) is 12.9. The van der Waals surface area contributed by atoms with Gasteiger partial charge in [-0.15, -0.1) is 0 Å². The summed E-state index contributed by atoms with van der Waals surface area (Å²) < 4.78 is 5.42. The van der Waals surface area contributed by atoms with Crippen molar-refractivity contribution < 1.29 is 4.74 Å². The van der Waals surface area contributed by atoms with Gasteiger partial charge in [0.2, 0.25) is 0 Å². The van der Waals surface area contributed by atoms with Crippen LogP contribution in [0.4, 0.5) is 0 Å². The fourth-order valence-electron chi connectivity index (χ4n) is 2.41. The smallest absolute Gasteiger partial charge is 0.143 e. The monoisotopic (exact) mass is 247 g/mol. The molecule has 0 aliphatic heterocycles. The summed E-state index contributed by atoms with van der Waals surface area (Å²) in [6, 6.07) is 4.43. The maximum atomic E-state index is 5.88. The van der Waals surface area contributed by atoms with E-state index in [2.05, 4.69) is 22.9 Å². The fourth-order valence-corrected chi connectivity index (χ4v) is 2.41. The zero-order valence-electron chi connectivity index (χ0n) is 11.4. The summed E-state index contributed by atoms with van der Waals surface area (Å²) in [6.45, 7) is 2.67. The SMILES string of the molecule is COc1cc(C)cc2c(C(CN)N(C)C)c[nH]c12. The lowest BCUT2D eigenvalue weighted by Gasteiger charge is -2.22. The largest absolute Gasteiger partial charge is 0.495 e. The molecular formula is C14H21N3O. The van der Waals surface area contributed by atoms with Gasteiger partial charge in [0.1, 0.15) is 5.75 Å². The average Bonchev–Trinajstić information content (AvgIpc) is 2.72. The summed E-state index contributed by atoms with van der Waals surface area (Å²) in [4.78, 5) is 5.43. The lowest BCUT2D eigenvalue weighted by Crippen LogP contribution is -2.26. The predicted molar refractivity (Wildman–Crippen MR) is 75.1 cm³/mol. The highest BCUT2D eigenvalue weighted by Gasteiger charge is 2.18. The Kier molecular flexibility index (Phi) is 3.59. The minimum Gasteiger partial charge on any atom is -0.495 e. The van der Waals surface area contributed by atoms with E-state index >= 15 is 0 Å². The van der Waals surface area contributed by atoms with Crippen LogP contribution in [-0.2, 0) is 0 Å². The minimum atomic E-state index is 0.213. The number of aromatic nitrogens is 1. The van der Waals surface area contributed by atoms with Crippen molar-refractivity contribution in [3.63, 3.8) is 0 Å². The molecule has 0 fully saturated rings. The van der Waals surface area contributed by atoms with Gasteiger partial charge >= 0.3 is 0 Å². The summed E-state index contributed by atoms with van der Waals surface area (Å²) in [6.07, 6.45) is 2.03. The lowest BCUT2D eigenvalue weighted by atomic mass is 10.0. The second-order valence-electron chi connectivity index (χ2n) is 4.85. The molecule has 0 aliphatic rings. The van der Waals surface area contributed by atoms with Crippen molar-refractivity contribution in [3.05, 3.63) is 29.5 Å². The highest BCUT2D eigenvalue weighted by Crippen LogP contribution is 2.32. The first-order chi connectivity index (χ1) is 8.58. The molecule has 0 bridgehead atoms. The van der Waals surface area contributed by atoms with Gasteiger partial charge < -0.3 is 20.4 Å². The first-order valence-corrected chi connectivity index (χ1v) is 6.10. The molecule has 1 atom stereocenters. The van der Waals surface area contributed by atoms with Gasteiger partial charge in [-0.1, -0.05) is 0 Å². The van der Waals surface area contributed by atoms with Crippen molar-refractivity contribution in [2.75, 3.05) is 27.7 Å². The molecule has 1 unspecified atom stereocenters. The van der Waals surface area contributed by atoms with Gasteiger partial charge in [-0.05, 0) is 44.3 Å². The number of fused-ring (bicyclic) bond motifs is 1. The molecule has 18 heavy (non-hydrogen) atoms. The molecule has 2 aromatic rings. The molecule has 1 aromatic carbocycles. The van der Waals surface area contributed by atoms with Crippen molar-refractivity contribution >= 4 is 10.9 Å². The average molecular weight is 247 g/mol. The highest BCUT2D eigenvalue weighted by molar-refractivity contribution is 5.89. The van der Waals surface area contributed by atoms with Crippen molar-refractivity contribution in [3.8, 4) is 5.75 Å². The van der Waals surface area contributed by atoms with Crippen LogP contribution in [0, 0.1) is 6.92 Å². The molecule has 1 aromatic heterocycles. The Morgan fingerprint density at radius 3 is 2.67 bits per heavy atom. The van der Waals surface area contributed by atoms with Crippen molar-refractivity contribution in [1.29, 1.82) is 0 Å². The third kappa shape index (κ3) is 2.09. The Labute approximate surface area is 108 Å². The number of likely N-dealkylation sites (N-methyl/N-ethyl adjacent to an activating group) is 1. The zero-order chi connectivity index (χ0) is 13.3. The van der Waals surface area contributed by atoms with E-state index < -0.39 is 0 Å². The van der Waals surface area contributed by atoms with Crippen molar-refractivity contribution in [2.24, 2.45) is 5.73 Å². The number of benzene rings is 1. The summed E-state index contributed by atoms with van der Waals surface area (Å²) >= 11 is 0. The standard InChI is InChI=1S/C14H21N3O/c1-9-5-10-11(12(7-15)17(2)3)8-16-14(10)13(6-9)18-4/h5-6,8,12,16H,7,15H2,1-4H3. The van der Waals surface area contributed by atoms with Gasteiger partial charge in [-0.25, -0.2) is 0 Å². The van der Waals surface area contributed by atoms with Gasteiger partial charge in [0.05, 0.1) is 12.6 Å². The fraction of sp³-hybridized carbons (Fsp3) is 0.429. The van der Waals surface area contributed by atoms with Crippen LogP contribution in [0.25, 0.3) is 10.9 Å². The number of nitrogens with one attached hydrogen (secondary N) is 1. The van der Waals surface area contributed by atoms with Crippen LogP contribution in [0.5, 0.6) is 5.75 Å². The van der Waals surface area contributed by atoms with E-state index in [4.69, 9.17) is 10.5 Å². The number of aryl methyl sites for hydroxylation is 1. The van der Waals surface area contributed by atoms with Gasteiger partial charge in [0.25, 0.3) is 0 Å². The number of nitrogens with zero attached hydrogens (tertiary/aromatic N) is 1. The number of nitrogens with two attached hydrogens (primary N) is 1. The van der Waals surface area contributed by atoms with Gasteiger partial charge in [-0.3, -0.25) is 0 Å². The normalized spacial score (nSPS) is 13.2. The van der Waals surface area contributed by atoms with E-state index in [1.54, 1.807) is 7.11 Å². The number of methoxy groups -OCH3 is 1. The number of rotatable bonds is 4. The summed E-state index contributed by atoms with van der Waals surface area (Å²) in [5, 5.41) is 1.19. The first-order valence-electron chi connectivity index (χ1n) is 6.10. The number of hydrogen-bond donors (Lipinski definition) is 2. The highest BCUT2D eigenvalue weighted by atomic mass is 16.5. The molecule has 3 N–H and O–H groups in total. The predicted octanol–water partition coefficient (Wildman–Crippen LogP) is 2.05. The molecule has 0 saturated heterocycles. The van der Waals surface area contributed by atoms with E-state index in [1.807, 2.05) is 26.4 Å². The van der Waals surface area contributed by atoms with Crippen molar-refractivity contribution in [1.82, 2.24) is 9.88 Å². The van der Waals surface area contributed by atoms with Crippen LogP contribution in [0.1, 0.15) is 17.2 Å². The van der Waals surface area contributed by atoms with E-state index in [0.29, 0.717) is 6.54 Å². The molecular weight excluding hydrogens is 226 g/mol. The number of H-pyrrole nitrogens is 1. The third-order valence-electron chi connectivity index (χ3n) is 3.36. The van der Waals surface area contributed by atoms with E-state index in [1.165, 1.54) is 16.5 Å². The topological polar surface area (TPSA) is 54.3 Å². The Morgan fingerprint density at radius 2 is 2.11 bits per heavy atom. The Hall–Kier alpha value is -1.52. The Balaban J connectivity index is 2.63. The number of aromatic amines is 1. The maximum absolute atomic E-state index is 5.88. The van der Waals surface area contributed by atoms with Crippen molar-refractivity contribution in [2.45, 2.75) is 13.0 Å². The molecule has 1 heterocycles. The molecule has 0 amide bonds. The van der Waals surface area contributed by atoms with Crippen LogP contribution in [0.3, 0.4) is 0 Å². The molecule has 0 aliphatic carbocycles. The van der Waals surface area contributed by atoms with Crippen LogP contribution >= 0.6 is 0 Å². The lowest BCUT2D eigenvalue weighted by molar-refractivity contribution is 0.308. The minimum absolute atomic E-state index is 0.213. The number of hydrogen-bond acceptors (Lipinski definition) is 3. The van der Waals surface area contributed by atoms with Gasteiger partial charge in [0, 0.05) is 24.2 Å². The summed E-state index contributed by atoms with van der Waals surface area (Å²) in [7, 11) is 5.79. The molecule has 4 heteroatoms. The molecule has 0 saturated carbocycles. The summed E-state index contributed by atoms with van der Waals surface area (Å²) in [5.74, 6) is 0.880. The van der Waals surface area contributed by atoms with Crippen LogP contribution in [0.2, 0.25) is 0 Å². The number of ether oxygens (including phenoxy) is 1. The van der Waals surface area contributed by atoms with Gasteiger partial charge in [-0.2, -0.15) is 0 Å². The molecule has 4 nitrogen and oxygen atoms in total. The van der Waals surface area contributed by atoms with Gasteiger partial charge in [0.15, 0.2) is 0 Å². The third-order valence-corrected chi connectivity index (χ3v) is 3.36. The van der Waals surface area contributed by atoms with E-state index in [0.717, 1.165) is 11.3 Å². The second-order valence-corrected chi connectivity index (χ2v) is 4.85. The van der Waals surface area contributed by atoms with Crippen LogP contribution in [0.15, 0.2) is 18.3 Å². The van der Waals surface area contributed by atoms with E-state index in [9.17, 15) is 0 Å². The zero-order valence-corrected chi connectivity index (χ0v) is 11.4. The molecule has 98 valence electrons. The molecule has 2 rings (SSSR count). The maximum Gasteiger partial charge on any atom is 0.143 e. The molecule has 0 spiro atoms. The second kappa shape index (κ2) is 5.00. The quantitative estimate of drug-likeness (QED) is 0.869. The van der Waals surface area contributed by atoms with E-state index in [-0.39, 0.29) is 6.04 Å². The van der Waals surface area contributed by atoms with Crippen LogP contribution in [-0.4, -0.2) is 37.6 Å².